The Labute approximate surface area is 107 Å². The van der Waals surface area contributed by atoms with Crippen LogP contribution in [0.5, 0.6) is 0 Å². The summed E-state index contributed by atoms with van der Waals surface area (Å²) in [5.74, 6) is -0.903. The third kappa shape index (κ3) is 2.44. The fraction of sp³-hybridized carbons (Fsp3) is 0.846. The van der Waals surface area contributed by atoms with Gasteiger partial charge in [0.05, 0.1) is 5.92 Å². The molecule has 0 aromatic heterocycles. The van der Waals surface area contributed by atoms with E-state index in [4.69, 9.17) is 9.84 Å². The molecule has 18 heavy (non-hydrogen) atoms. The zero-order valence-electron chi connectivity index (χ0n) is 11.2. The maximum atomic E-state index is 12.0. The largest absolute Gasteiger partial charge is 0.481 e. The Morgan fingerprint density at radius 2 is 1.89 bits per heavy atom. The maximum absolute atomic E-state index is 12.0. The smallest absolute Gasteiger partial charge is 0.410 e. The summed E-state index contributed by atoms with van der Waals surface area (Å²) in [7, 11) is 0. The molecule has 1 saturated heterocycles. The number of amides is 1. The molecule has 0 spiro atoms. The van der Waals surface area contributed by atoms with Crippen LogP contribution < -0.4 is 0 Å². The van der Waals surface area contributed by atoms with E-state index in [-0.39, 0.29) is 24.0 Å². The number of carboxylic acids is 1. The lowest BCUT2D eigenvalue weighted by atomic mass is 9.67. The molecule has 0 bridgehead atoms. The first-order chi connectivity index (χ1) is 8.29. The quantitative estimate of drug-likeness (QED) is 0.779. The first-order valence-electron chi connectivity index (χ1n) is 6.52. The fourth-order valence-electron chi connectivity index (χ4n) is 2.88. The third-order valence-corrected chi connectivity index (χ3v) is 3.83. The van der Waals surface area contributed by atoms with E-state index in [9.17, 15) is 9.59 Å². The van der Waals surface area contributed by atoms with Gasteiger partial charge in [0.25, 0.3) is 0 Å². The van der Waals surface area contributed by atoms with Crippen LogP contribution in [0.3, 0.4) is 0 Å². The number of fused-ring (bicyclic) bond motifs is 1. The van der Waals surface area contributed by atoms with Gasteiger partial charge in [0.15, 0.2) is 0 Å². The molecule has 3 atom stereocenters. The monoisotopic (exact) mass is 255 g/mol. The van der Waals surface area contributed by atoms with Crippen molar-refractivity contribution in [1.29, 1.82) is 0 Å². The molecule has 3 unspecified atom stereocenters. The minimum absolute atomic E-state index is 0.0645. The summed E-state index contributed by atoms with van der Waals surface area (Å²) in [6.07, 6.45) is 2.03. The summed E-state index contributed by atoms with van der Waals surface area (Å²) < 4.78 is 5.37. The summed E-state index contributed by atoms with van der Waals surface area (Å²) in [4.78, 5) is 24.9. The first-order valence-corrected chi connectivity index (χ1v) is 6.52. The SMILES string of the molecule is CC(C)(C)OC(=O)N1CCC(C(=O)O)C2CCC21. The second-order valence-electron chi connectivity index (χ2n) is 6.22. The standard InChI is InChI=1S/C13H21NO4/c1-13(2,3)18-12(17)14-7-6-9(11(15)16)8-4-5-10(8)14/h8-10H,4-7H2,1-3H3,(H,15,16). The van der Waals surface area contributed by atoms with Crippen molar-refractivity contribution in [2.24, 2.45) is 11.8 Å². The lowest BCUT2D eigenvalue weighted by Gasteiger charge is -2.50. The van der Waals surface area contributed by atoms with Crippen LogP contribution in [0.15, 0.2) is 0 Å². The second-order valence-corrected chi connectivity index (χ2v) is 6.22. The molecule has 2 fully saturated rings. The molecule has 1 heterocycles. The molecule has 2 aliphatic rings. The Kier molecular flexibility index (Phi) is 3.25. The molecule has 0 aromatic rings. The third-order valence-electron chi connectivity index (χ3n) is 3.83. The summed E-state index contributed by atoms with van der Waals surface area (Å²) in [6.45, 7) is 6.01. The lowest BCUT2D eigenvalue weighted by Crippen LogP contribution is -2.58. The van der Waals surface area contributed by atoms with Gasteiger partial charge in [0, 0.05) is 12.6 Å². The summed E-state index contributed by atoms with van der Waals surface area (Å²) in [5, 5.41) is 9.14. The van der Waals surface area contributed by atoms with Crippen LogP contribution in [-0.2, 0) is 9.53 Å². The van der Waals surface area contributed by atoms with Gasteiger partial charge in [-0.1, -0.05) is 0 Å². The van der Waals surface area contributed by atoms with E-state index >= 15 is 0 Å². The highest BCUT2D eigenvalue weighted by Gasteiger charge is 2.49. The Balaban J connectivity index is 2.01. The van der Waals surface area contributed by atoms with Crippen molar-refractivity contribution in [2.45, 2.75) is 51.7 Å². The number of carboxylic acid groups (broad SMARTS) is 1. The molecule has 5 heteroatoms. The Hall–Kier alpha value is -1.26. The molecule has 5 nitrogen and oxygen atoms in total. The summed E-state index contributed by atoms with van der Waals surface area (Å²) in [5.41, 5.74) is -0.500. The van der Waals surface area contributed by atoms with Gasteiger partial charge >= 0.3 is 12.1 Å². The van der Waals surface area contributed by atoms with Gasteiger partial charge in [-0.3, -0.25) is 4.79 Å². The minimum Gasteiger partial charge on any atom is -0.481 e. The van der Waals surface area contributed by atoms with Crippen LogP contribution in [0.1, 0.15) is 40.0 Å². The number of hydrogen-bond acceptors (Lipinski definition) is 3. The number of nitrogens with zero attached hydrogens (tertiary/aromatic N) is 1. The molecule has 1 aliphatic heterocycles. The minimum atomic E-state index is -0.728. The molecule has 0 aromatic carbocycles. The molecular weight excluding hydrogens is 234 g/mol. The summed E-state index contributed by atoms with van der Waals surface area (Å²) in [6, 6.07) is 0.0645. The number of carbonyl (C=O) groups is 2. The average Bonchev–Trinajstić information content (AvgIpc) is 2.15. The predicted molar refractivity (Wildman–Crippen MR) is 65.2 cm³/mol. The maximum Gasteiger partial charge on any atom is 0.410 e. The van der Waals surface area contributed by atoms with Crippen molar-refractivity contribution in [3.8, 4) is 0 Å². The lowest BCUT2D eigenvalue weighted by molar-refractivity contribution is -0.150. The number of ether oxygens (including phenoxy) is 1. The van der Waals surface area contributed by atoms with E-state index < -0.39 is 11.6 Å². The number of likely N-dealkylation sites (tertiary alicyclic amines) is 1. The van der Waals surface area contributed by atoms with Crippen LogP contribution in [0, 0.1) is 11.8 Å². The van der Waals surface area contributed by atoms with Crippen molar-refractivity contribution in [2.75, 3.05) is 6.54 Å². The van der Waals surface area contributed by atoms with E-state index in [0.29, 0.717) is 13.0 Å². The molecule has 1 amide bonds. The van der Waals surface area contributed by atoms with Gasteiger partial charge in [-0.05, 0) is 46.0 Å². The highest BCUT2D eigenvalue weighted by Crippen LogP contribution is 2.43. The highest BCUT2D eigenvalue weighted by molar-refractivity contribution is 5.73. The van der Waals surface area contributed by atoms with Crippen LogP contribution in [-0.4, -0.2) is 40.3 Å². The van der Waals surface area contributed by atoms with Crippen molar-refractivity contribution in [3.05, 3.63) is 0 Å². The molecule has 102 valence electrons. The zero-order chi connectivity index (χ0) is 13.5. The number of hydrogen-bond donors (Lipinski definition) is 1. The van der Waals surface area contributed by atoms with E-state index in [2.05, 4.69) is 0 Å². The normalized spacial score (nSPS) is 31.3. The van der Waals surface area contributed by atoms with Gasteiger partial charge in [-0.2, -0.15) is 0 Å². The Morgan fingerprint density at radius 1 is 1.22 bits per heavy atom. The van der Waals surface area contributed by atoms with Gasteiger partial charge in [0.2, 0.25) is 0 Å². The van der Waals surface area contributed by atoms with Gasteiger partial charge in [0.1, 0.15) is 5.60 Å². The Morgan fingerprint density at radius 3 is 2.33 bits per heavy atom. The van der Waals surface area contributed by atoms with Crippen molar-refractivity contribution in [1.82, 2.24) is 4.90 Å². The Bertz CT molecular complexity index is 360. The molecule has 1 aliphatic carbocycles. The fourth-order valence-corrected chi connectivity index (χ4v) is 2.88. The van der Waals surface area contributed by atoms with Crippen molar-refractivity contribution < 1.29 is 19.4 Å². The number of aliphatic carboxylic acids is 1. The topological polar surface area (TPSA) is 66.8 Å². The zero-order valence-corrected chi connectivity index (χ0v) is 11.2. The van der Waals surface area contributed by atoms with Crippen LogP contribution in [0.2, 0.25) is 0 Å². The van der Waals surface area contributed by atoms with Crippen LogP contribution >= 0.6 is 0 Å². The highest BCUT2D eigenvalue weighted by atomic mass is 16.6. The van der Waals surface area contributed by atoms with Crippen LogP contribution in [0.25, 0.3) is 0 Å². The molecule has 1 N–H and O–H groups in total. The number of rotatable bonds is 1. The van der Waals surface area contributed by atoms with E-state index in [0.717, 1.165) is 12.8 Å². The van der Waals surface area contributed by atoms with Gasteiger partial charge in [-0.15, -0.1) is 0 Å². The summed E-state index contributed by atoms with van der Waals surface area (Å²) >= 11 is 0. The number of carbonyl (C=O) groups excluding carboxylic acids is 1. The van der Waals surface area contributed by atoms with E-state index in [1.54, 1.807) is 4.90 Å². The molecular formula is C13H21NO4. The molecule has 2 rings (SSSR count). The predicted octanol–water partition coefficient (Wildman–Crippen LogP) is 2.11. The van der Waals surface area contributed by atoms with Crippen LogP contribution in [0.4, 0.5) is 4.79 Å². The second kappa shape index (κ2) is 4.44. The van der Waals surface area contributed by atoms with Gasteiger partial charge in [-0.25, -0.2) is 4.79 Å². The molecule has 1 saturated carbocycles. The van der Waals surface area contributed by atoms with E-state index in [1.165, 1.54) is 0 Å². The van der Waals surface area contributed by atoms with Gasteiger partial charge < -0.3 is 14.7 Å². The molecule has 0 radical (unpaired) electrons. The van der Waals surface area contributed by atoms with Crippen molar-refractivity contribution >= 4 is 12.1 Å². The number of piperidine rings is 1. The van der Waals surface area contributed by atoms with Crippen molar-refractivity contribution in [3.63, 3.8) is 0 Å². The first kappa shape index (κ1) is 13.2. The van der Waals surface area contributed by atoms with E-state index in [1.807, 2.05) is 20.8 Å². The average molecular weight is 255 g/mol.